The number of aromatic amines is 1. The molecule has 0 amide bonds. The fraction of sp³-hybridized carbons (Fsp3) is 0.125. The molecule has 3 aromatic rings. The van der Waals surface area contributed by atoms with Gasteiger partial charge in [0.2, 0.25) is 0 Å². The molecule has 0 aliphatic rings. The van der Waals surface area contributed by atoms with E-state index in [1.54, 1.807) is 12.1 Å². The molecule has 0 saturated carbocycles. The van der Waals surface area contributed by atoms with Crippen molar-refractivity contribution in [3.63, 3.8) is 0 Å². The largest absolute Gasteiger partial charge is 0.361 e. The molecule has 0 atom stereocenters. The summed E-state index contributed by atoms with van der Waals surface area (Å²) < 4.78 is 0. The topological polar surface area (TPSA) is 71.0 Å². The summed E-state index contributed by atoms with van der Waals surface area (Å²) >= 11 is 0. The minimum Gasteiger partial charge on any atom is -0.361 e. The first-order valence-electron chi connectivity index (χ1n) is 6.72. The van der Waals surface area contributed by atoms with Crippen LogP contribution in [-0.2, 0) is 13.1 Å². The standard InChI is InChI=1S/C16H15N3O2/c20-19(21)15-4-1-12(2-5-15)10-17-11-13-3-6-16-14(9-13)7-8-18-16/h1-9,17-18H,10-11H2. The van der Waals surface area contributed by atoms with Crippen LogP contribution in [0.15, 0.2) is 54.7 Å². The van der Waals surface area contributed by atoms with Crippen LogP contribution in [0.1, 0.15) is 11.1 Å². The lowest BCUT2D eigenvalue weighted by Crippen LogP contribution is -2.12. The number of aromatic nitrogens is 1. The lowest BCUT2D eigenvalue weighted by molar-refractivity contribution is -0.384. The number of fused-ring (bicyclic) bond motifs is 1. The van der Waals surface area contributed by atoms with Gasteiger partial charge < -0.3 is 10.3 Å². The maximum absolute atomic E-state index is 10.6. The second kappa shape index (κ2) is 5.76. The number of non-ortho nitro benzene ring substituents is 1. The molecule has 0 unspecified atom stereocenters. The number of nitro groups is 1. The molecule has 5 nitrogen and oxygen atoms in total. The highest BCUT2D eigenvalue weighted by molar-refractivity contribution is 5.79. The monoisotopic (exact) mass is 281 g/mol. The second-order valence-corrected chi connectivity index (χ2v) is 4.93. The molecule has 0 aliphatic carbocycles. The summed E-state index contributed by atoms with van der Waals surface area (Å²) in [6, 6.07) is 15.0. The van der Waals surface area contributed by atoms with E-state index >= 15 is 0 Å². The molecule has 0 spiro atoms. The van der Waals surface area contributed by atoms with Crippen LogP contribution in [0.4, 0.5) is 5.69 Å². The Kier molecular flexibility index (Phi) is 3.66. The normalized spacial score (nSPS) is 10.9. The maximum atomic E-state index is 10.6. The molecular weight excluding hydrogens is 266 g/mol. The summed E-state index contributed by atoms with van der Waals surface area (Å²) in [7, 11) is 0. The van der Waals surface area contributed by atoms with Crippen molar-refractivity contribution >= 4 is 16.6 Å². The highest BCUT2D eigenvalue weighted by Crippen LogP contribution is 2.15. The Labute approximate surface area is 121 Å². The van der Waals surface area contributed by atoms with Gasteiger partial charge in [0.15, 0.2) is 0 Å². The maximum Gasteiger partial charge on any atom is 0.269 e. The van der Waals surface area contributed by atoms with Crippen molar-refractivity contribution in [1.82, 2.24) is 10.3 Å². The van der Waals surface area contributed by atoms with Gasteiger partial charge in [0.25, 0.3) is 5.69 Å². The van der Waals surface area contributed by atoms with Crippen LogP contribution in [0.5, 0.6) is 0 Å². The summed E-state index contributed by atoms with van der Waals surface area (Å²) in [4.78, 5) is 13.4. The zero-order valence-electron chi connectivity index (χ0n) is 11.4. The lowest BCUT2D eigenvalue weighted by Gasteiger charge is -2.05. The molecular formula is C16H15N3O2. The van der Waals surface area contributed by atoms with Crippen molar-refractivity contribution in [3.8, 4) is 0 Å². The Hall–Kier alpha value is -2.66. The zero-order valence-corrected chi connectivity index (χ0v) is 11.4. The first kappa shape index (κ1) is 13.3. The molecule has 1 heterocycles. The van der Waals surface area contributed by atoms with E-state index in [4.69, 9.17) is 0 Å². The number of nitrogens with one attached hydrogen (secondary N) is 2. The fourth-order valence-corrected chi connectivity index (χ4v) is 2.30. The Balaban J connectivity index is 1.58. The summed E-state index contributed by atoms with van der Waals surface area (Å²) in [6.07, 6.45) is 1.93. The fourth-order valence-electron chi connectivity index (χ4n) is 2.30. The van der Waals surface area contributed by atoms with E-state index in [1.807, 2.05) is 6.20 Å². The second-order valence-electron chi connectivity index (χ2n) is 4.93. The molecule has 5 heteroatoms. The van der Waals surface area contributed by atoms with Gasteiger partial charge in [0.05, 0.1) is 4.92 Å². The molecule has 3 rings (SSSR count). The highest BCUT2D eigenvalue weighted by Gasteiger charge is 2.03. The smallest absolute Gasteiger partial charge is 0.269 e. The van der Waals surface area contributed by atoms with Crippen LogP contribution in [-0.4, -0.2) is 9.91 Å². The Morgan fingerprint density at radius 2 is 1.71 bits per heavy atom. The Morgan fingerprint density at radius 3 is 2.48 bits per heavy atom. The van der Waals surface area contributed by atoms with E-state index in [0.29, 0.717) is 6.54 Å². The number of hydrogen-bond acceptors (Lipinski definition) is 3. The van der Waals surface area contributed by atoms with E-state index in [0.717, 1.165) is 17.6 Å². The zero-order chi connectivity index (χ0) is 14.7. The van der Waals surface area contributed by atoms with Gasteiger partial charge >= 0.3 is 0 Å². The van der Waals surface area contributed by atoms with Crippen LogP contribution < -0.4 is 5.32 Å². The Bertz CT molecular complexity index is 763. The van der Waals surface area contributed by atoms with Crippen molar-refractivity contribution in [3.05, 3.63) is 76.0 Å². The molecule has 0 saturated heterocycles. The van der Waals surface area contributed by atoms with Gasteiger partial charge in [0, 0.05) is 36.9 Å². The van der Waals surface area contributed by atoms with Gasteiger partial charge in [-0.2, -0.15) is 0 Å². The third kappa shape index (κ3) is 3.09. The number of H-pyrrole nitrogens is 1. The van der Waals surface area contributed by atoms with E-state index in [2.05, 4.69) is 34.6 Å². The summed E-state index contributed by atoms with van der Waals surface area (Å²) in [5.74, 6) is 0. The summed E-state index contributed by atoms with van der Waals surface area (Å²) in [5, 5.41) is 15.1. The van der Waals surface area contributed by atoms with Gasteiger partial charge in [-0.05, 0) is 34.7 Å². The first-order chi connectivity index (χ1) is 10.2. The van der Waals surface area contributed by atoms with Crippen molar-refractivity contribution < 1.29 is 4.92 Å². The number of benzene rings is 2. The third-order valence-corrected chi connectivity index (χ3v) is 3.42. The van der Waals surface area contributed by atoms with Crippen molar-refractivity contribution in [2.45, 2.75) is 13.1 Å². The molecule has 0 fully saturated rings. The van der Waals surface area contributed by atoms with E-state index in [-0.39, 0.29) is 10.6 Å². The molecule has 0 radical (unpaired) electrons. The molecule has 2 N–H and O–H groups in total. The minimum absolute atomic E-state index is 0.122. The third-order valence-electron chi connectivity index (χ3n) is 3.42. The van der Waals surface area contributed by atoms with Crippen LogP contribution in [0, 0.1) is 10.1 Å². The van der Waals surface area contributed by atoms with Crippen molar-refractivity contribution in [2.24, 2.45) is 0 Å². The van der Waals surface area contributed by atoms with Crippen LogP contribution in [0.25, 0.3) is 10.9 Å². The van der Waals surface area contributed by atoms with Gasteiger partial charge in [-0.1, -0.05) is 18.2 Å². The number of nitro benzene ring substituents is 1. The predicted molar refractivity (Wildman–Crippen MR) is 81.9 cm³/mol. The van der Waals surface area contributed by atoms with Crippen LogP contribution in [0.2, 0.25) is 0 Å². The molecule has 0 aliphatic heterocycles. The summed E-state index contributed by atoms with van der Waals surface area (Å²) in [5.41, 5.74) is 3.50. The van der Waals surface area contributed by atoms with E-state index in [1.165, 1.54) is 23.1 Å². The van der Waals surface area contributed by atoms with Gasteiger partial charge in [0.1, 0.15) is 0 Å². The van der Waals surface area contributed by atoms with Gasteiger partial charge in [-0.25, -0.2) is 0 Å². The number of nitrogens with zero attached hydrogens (tertiary/aromatic N) is 1. The Morgan fingerprint density at radius 1 is 1.00 bits per heavy atom. The molecule has 106 valence electrons. The predicted octanol–water partition coefficient (Wildman–Crippen LogP) is 3.37. The summed E-state index contributed by atoms with van der Waals surface area (Å²) in [6.45, 7) is 1.45. The lowest BCUT2D eigenvalue weighted by atomic mass is 10.1. The van der Waals surface area contributed by atoms with Gasteiger partial charge in [-0.3, -0.25) is 10.1 Å². The number of hydrogen-bond donors (Lipinski definition) is 2. The number of rotatable bonds is 5. The van der Waals surface area contributed by atoms with E-state index in [9.17, 15) is 10.1 Å². The molecule has 2 aromatic carbocycles. The average molecular weight is 281 g/mol. The SMILES string of the molecule is O=[N+]([O-])c1ccc(CNCc2ccc3[nH]ccc3c2)cc1. The van der Waals surface area contributed by atoms with Crippen LogP contribution in [0.3, 0.4) is 0 Å². The van der Waals surface area contributed by atoms with Crippen molar-refractivity contribution in [1.29, 1.82) is 0 Å². The highest BCUT2D eigenvalue weighted by atomic mass is 16.6. The molecule has 21 heavy (non-hydrogen) atoms. The molecule has 1 aromatic heterocycles. The van der Waals surface area contributed by atoms with Crippen molar-refractivity contribution in [2.75, 3.05) is 0 Å². The first-order valence-corrected chi connectivity index (χ1v) is 6.72. The van der Waals surface area contributed by atoms with Crippen LogP contribution >= 0.6 is 0 Å². The minimum atomic E-state index is -0.386. The van der Waals surface area contributed by atoms with Gasteiger partial charge in [-0.15, -0.1) is 0 Å². The quantitative estimate of drug-likeness (QED) is 0.556. The average Bonchev–Trinajstić information content (AvgIpc) is 2.95. The molecule has 0 bridgehead atoms. The van der Waals surface area contributed by atoms with E-state index < -0.39 is 0 Å².